The zero-order chi connectivity index (χ0) is 20.5. The average molecular weight is 411 g/mol. The van der Waals surface area contributed by atoms with E-state index in [0.717, 1.165) is 38.1 Å². The van der Waals surface area contributed by atoms with Gasteiger partial charge in [-0.3, -0.25) is 9.97 Å². The van der Waals surface area contributed by atoms with Crippen molar-refractivity contribution in [3.8, 4) is 0 Å². The topological polar surface area (TPSA) is 89.6 Å². The van der Waals surface area contributed by atoms with Crippen molar-refractivity contribution in [1.29, 1.82) is 0 Å². The Kier molecular flexibility index (Phi) is 4.65. The fourth-order valence-corrected chi connectivity index (χ4v) is 4.25. The molecular weight excluding hydrogens is 392 g/mol. The van der Waals surface area contributed by atoms with E-state index in [9.17, 15) is 0 Å². The summed E-state index contributed by atoms with van der Waals surface area (Å²) in [5, 5.41) is 6.12. The van der Waals surface area contributed by atoms with Crippen LogP contribution in [-0.2, 0) is 0 Å². The first-order valence-electron chi connectivity index (χ1n) is 9.44. The Morgan fingerprint density at radius 1 is 0.900 bits per heavy atom. The van der Waals surface area contributed by atoms with Gasteiger partial charge >= 0.3 is 0 Å². The standard InChI is InChI=1S/C23H18N6S/c1-14-10-11-16-17(28-14)7-3-8-18(16)29-22-20(24)23(27-13-26-22)30-19-9-2-5-15-6-4-12-25-21(15)19/h2-13H,24H2,1H3,(H,26,27,29). The SMILES string of the molecule is Cc1ccc2c(Nc3ncnc(Sc4cccc5cccnc45)c3N)cccc2n1. The number of hydrogen-bond acceptors (Lipinski definition) is 7. The quantitative estimate of drug-likeness (QED) is 0.386. The molecule has 0 fully saturated rings. The van der Waals surface area contributed by atoms with Gasteiger partial charge in [-0.25, -0.2) is 9.97 Å². The first-order valence-corrected chi connectivity index (χ1v) is 10.3. The smallest absolute Gasteiger partial charge is 0.158 e. The Hall–Kier alpha value is -3.71. The van der Waals surface area contributed by atoms with Gasteiger partial charge in [0.25, 0.3) is 0 Å². The second-order valence-electron chi connectivity index (χ2n) is 6.82. The highest BCUT2D eigenvalue weighted by atomic mass is 32.2. The lowest BCUT2D eigenvalue weighted by Crippen LogP contribution is -2.03. The van der Waals surface area contributed by atoms with Gasteiger partial charge in [0.15, 0.2) is 5.82 Å². The highest BCUT2D eigenvalue weighted by Gasteiger charge is 2.13. The molecule has 0 unspecified atom stereocenters. The van der Waals surface area contributed by atoms with Gasteiger partial charge in [-0.1, -0.05) is 36.0 Å². The van der Waals surface area contributed by atoms with E-state index in [-0.39, 0.29) is 0 Å². The summed E-state index contributed by atoms with van der Waals surface area (Å²) in [5.41, 5.74) is 10.7. The third-order valence-electron chi connectivity index (χ3n) is 4.77. The number of fused-ring (bicyclic) bond motifs is 2. The number of benzene rings is 2. The minimum absolute atomic E-state index is 0.493. The fourth-order valence-electron chi connectivity index (χ4n) is 3.32. The van der Waals surface area contributed by atoms with Gasteiger partial charge in [-0.2, -0.15) is 0 Å². The van der Waals surface area contributed by atoms with Crippen LogP contribution in [0.2, 0.25) is 0 Å². The Morgan fingerprint density at radius 3 is 2.70 bits per heavy atom. The number of aryl methyl sites for hydroxylation is 1. The molecule has 0 aliphatic carbocycles. The lowest BCUT2D eigenvalue weighted by atomic mass is 10.1. The first kappa shape index (κ1) is 18.3. The largest absolute Gasteiger partial charge is 0.394 e. The molecule has 0 spiro atoms. The van der Waals surface area contributed by atoms with E-state index in [1.54, 1.807) is 6.20 Å². The molecular formula is C23H18N6S. The summed E-state index contributed by atoms with van der Waals surface area (Å²) in [6.07, 6.45) is 3.31. The maximum absolute atomic E-state index is 6.45. The van der Waals surface area contributed by atoms with Crippen LogP contribution in [-0.4, -0.2) is 19.9 Å². The molecule has 0 atom stereocenters. The molecule has 3 heterocycles. The molecule has 146 valence electrons. The van der Waals surface area contributed by atoms with Gasteiger partial charge in [0.2, 0.25) is 0 Å². The molecule has 7 heteroatoms. The third-order valence-corrected chi connectivity index (χ3v) is 5.84. The van der Waals surface area contributed by atoms with Crippen molar-refractivity contribution < 1.29 is 0 Å². The van der Waals surface area contributed by atoms with Crippen LogP contribution in [0.15, 0.2) is 83.1 Å². The van der Waals surface area contributed by atoms with Crippen LogP contribution in [0.1, 0.15) is 5.69 Å². The molecule has 0 aliphatic rings. The molecule has 0 saturated carbocycles. The van der Waals surface area contributed by atoms with Crippen LogP contribution in [0.4, 0.5) is 17.2 Å². The maximum Gasteiger partial charge on any atom is 0.158 e. The number of rotatable bonds is 4. The molecule has 0 aliphatic heterocycles. The van der Waals surface area contributed by atoms with E-state index in [4.69, 9.17) is 5.73 Å². The van der Waals surface area contributed by atoms with Crippen molar-refractivity contribution in [2.24, 2.45) is 0 Å². The molecule has 5 aromatic rings. The van der Waals surface area contributed by atoms with Crippen LogP contribution in [0.3, 0.4) is 0 Å². The zero-order valence-electron chi connectivity index (χ0n) is 16.2. The zero-order valence-corrected chi connectivity index (χ0v) is 17.0. The van der Waals surface area contributed by atoms with Gasteiger partial charge in [0, 0.05) is 33.2 Å². The molecule has 30 heavy (non-hydrogen) atoms. The van der Waals surface area contributed by atoms with Crippen molar-refractivity contribution in [3.63, 3.8) is 0 Å². The van der Waals surface area contributed by atoms with Crippen LogP contribution in [0.25, 0.3) is 21.8 Å². The number of pyridine rings is 2. The molecule has 0 saturated heterocycles. The summed E-state index contributed by atoms with van der Waals surface area (Å²) in [4.78, 5) is 18.9. The van der Waals surface area contributed by atoms with Crippen molar-refractivity contribution in [2.75, 3.05) is 11.1 Å². The minimum Gasteiger partial charge on any atom is -0.394 e. The second-order valence-corrected chi connectivity index (χ2v) is 7.85. The molecule has 3 N–H and O–H groups in total. The molecule has 3 aromatic heterocycles. The molecule has 0 radical (unpaired) electrons. The highest BCUT2D eigenvalue weighted by molar-refractivity contribution is 7.99. The molecule has 0 amide bonds. The third kappa shape index (κ3) is 3.40. The molecule has 6 nitrogen and oxygen atoms in total. The van der Waals surface area contributed by atoms with Gasteiger partial charge in [0.05, 0.1) is 11.0 Å². The minimum atomic E-state index is 0.493. The summed E-state index contributed by atoms with van der Waals surface area (Å²) in [6.45, 7) is 1.98. The summed E-state index contributed by atoms with van der Waals surface area (Å²) in [5.74, 6) is 0.564. The Balaban J connectivity index is 1.51. The summed E-state index contributed by atoms with van der Waals surface area (Å²) in [7, 11) is 0. The molecule has 0 bridgehead atoms. The van der Waals surface area contributed by atoms with Crippen molar-refractivity contribution >= 4 is 50.8 Å². The van der Waals surface area contributed by atoms with E-state index in [0.29, 0.717) is 16.5 Å². The predicted octanol–water partition coefficient (Wildman–Crippen LogP) is 5.36. The normalized spacial score (nSPS) is 11.1. The second kappa shape index (κ2) is 7.61. The van der Waals surface area contributed by atoms with E-state index >= 15 is 0 Å². The summed E-state index contributed by atoms with van der Waals surface area (Å²) in [6, 6.07) is 20.0. The first-order chi connectivity index (χ1) is 14.7. The lowest BCUT2D eigenvalue weighted by Gasteiger charge is -2.13. The van der Waals surface area contributed by atoms with E-state index < -0.39 is 0 Å². The van der Waals surface area contributed by atoms with Gasteiger partial charge in [-0.15, -0.1) is 0 Å². The van der Waals surface area contributed by atoms with E-state index in [1.807, 2.05) is 61.5 Å². The number of nitrogens with one attached hydrogen (secondary N) is 1. The number of nitrogen functional groups attached to an aromatic ring is 1. The number of nitrogens with zero attached hydrogens (tertiary/aromatic N) is 4. The Morgan fingerprint density at radius 2 is 1.77 bits per heavy atom. The average Bonchev–Trinajstić information content (AvgIpc) is 2.76. The summed E-state index contributed by atoms with van der Waals surface area (Å²) >= 11 is 1.48. The van der Waals surface area contributed by atoms with E-state index in [2.05, 4.69) is 31.3 Å². The Labute approximate surface area is 177 Å². The number of para-hydroxylation sites is 1. The number of aromatic nitrogens is 4. The monoisotopic (exact) mass is 410 g/mol. The van der Waals surface area contributed by atoms with E-state index in [1.165, 1.54) is 18.1 Å². The van der Waals surface area contributed by atoms with Crippen molar-refractivity contribution in [2.45, 2.75) is 16.8 Å². The predicted molar refractivity (Wildman–Crippen MR) is 122 cm³/mol. The molecule has 5 rings (SSSR count). The highest BCUT2D eigenvalue weighted by Crippen LogP contribution is 2.37. The fraction of sp³-hybridized carbons (Fsp3) is 0.0435. The van der Waals surface area contributed by atoms with Gasteiger partial charge in [0.1, 0.15) is 17.0 Å². The van der Waals surface area contributed by atoms with Crippen LogP contribution in [0, 0.1) is 6.92 Å². The number of nitrogens with two attached hydrogens (primary N) is 1. The van der Waals surface area contributed by atoms with Gasteiger partial charge in [-0.05, 0) is 43.3 Å². The summed E-state index contributed by atoms with van der Waals surface area (Å²) < 4.78 is 0. The molecule has 2 aromatic carbocycles. The lowest BCUT2D eigenvalue weighted by molar-refractivity contribution is 1.06. The van der Waals surface area contributed by atoms with Crippen LogP contribution >= 0.6 is 11.8 Å². The van der Waals surface area contributed by atoms with Crippen molar-refractivity contribution in [3.05, 3.63) is 78.9 Å². The number of anilines is 3. The van der Waals surface area contributed by atoms with Crippen LogP contribution in [0.5, 0.6) is 0 Å². The van der Waals surface area contributed by atoms with Crippen LogP contribution < -0.4 is 11.1 Å². The Bertz CT molecular complexity index is 1380. The number of hydrogen-bond donors (Lipinski definition) is 2. The van der Waals surface area contributed by atoms with Crippen molar-refractivity contribution in [1.82, 2.24) is 19.9 Å². The van der Waals surface area contributed by atoms with Gasteiger partial charge < -0.3 is 11.1 Å². The maximum atomic E-state index is 6.45.